The first-order chi connectivity index (χ1) is 13.9. The van der Waals surface area contributed by atoms with E-state index in [0.717, 1.165) is 0 Å². The van der Waals surface area contributed by atoms with Crippen molar-refractivity contribution in [3.8, 4) is 5.88 Å². The Balaban J connectivity index is 2.03. The van der Waals surface area contributed by atoms with Gasteiger partial charge in [0.1, 0.15) is 17.8 Å². The number of aliphatic hydroxyl groups excluding tert-OH is 1. The van der Waals surface area contributed by atoms with Gasteiger partial charge in [0.05, 0.1) is 18.0 Å². The quantitative estimate of drug-likeness (QED) is 0.644. The second-order valence-electron chi connectivity index (χ2n) is 8.66. The zero-order valence-corrected chi connectivity index (χ0v) is 18.1. The molecule has 1 unspecified atom stereocenters. The summed E-state index contributed by atoms with van der Waals surface area (Å²) in [5.74, 6) is 0.155. The molecule has 3 N–H and O–H groups in total. The van der Waals surface area contributed by atoms with E-state index in [0.29, 0.717) is 16.7 Å². The Morgan fingerprint density at radius 2 is 1.73 bits per heavy atom. The van der Waals surface area contributed by atoms with Gasteiger partial charge in [0, 0.05) is 5.69 Å². The van der Waals surface area contributed by atoms with Crippen LogP contribution in [0.15, 0.2) is 22.7 Å². The van der Waals surface area contributed by atoms with Crippen LogP contribution < -0.4 is 15.4 Å². The molecule has 1 atom stereocenters. The van der Waals surface area contributed by atoms with Gasteiger partial charge >= 0.3 is 12.2 Å². The fourth-order valence-corrected chi connectivity index (χ4v) is 2.31. The van der Waals surface area contributed by atoms with Crippen LogP contribution in [0.3, 0.4) is 0 Å². The summed E-state index contributed by atoms with van der Waals surface area (Å²) in [5.41, 5.74) is -0.374. The van der Waals surface area contributed by atoms with Gasteiger partial charge in [-0.3, -0.25) is 5.32 Å². The number of alkyl carbamates (subject to hydrolysis) is 1. The van der Waals surface area contributed by atoms with Crippen molar-refractivity contribution < 1.29 is 33.4 Å². The summed E-state index contributed by atoms with van der Waals surface area (Å²) in [6.07, 6.45) is -1.26. The van der Waals surface area contributed by atoms with Crippen molar-refractivity contribution in [3.63, 3.8) is 0 Å². The molecule has 1 aromatic carbocycles. The Labute approximate surface area is 174 Å². The standard InChI is InChI=1S/C20H29N3O7/c1-19(2,3)28-17(25)21-12-7-8-15-14(9-12)16(23-30-15)27-11-13(10-24)22-18(26)29-20(4,5)6/h7-9,13,24H,10-11H2,1-6H3,(H,21,25)(H,22,26). The van der Waals surface area contributed by atoms with Gasteiger partial charge in [-0.15, -0.1) is 0 Å². The predicted molar refractivity (Wildman–Crippen MR) is 110 cm³/mol. The average molecular weight is 423 g/mol. The van der Waals surface area contributed by atoms with Crippen molar-refractivity contribution in [2.24, 2.45) is 0 Å². The number of amides is 2. The van der Waals surface area contributed by atoms with Gasteiger partial charge in [0.2, 0.25) is 0 Å². The van der Waals surface area contributed by atoms with E-state index in [9.17, 15) is 14.7 Å². The molecule has 0 aliphatic rings. The zero-order chi connectivity index (χ0) is 22.5. The molecule has 10 nitrogen and oxygen atoms in total. The average Bonchev–Trinajstić information content (AvgIpc) is 2.97. The van der Waals surface area contributed by atoms with Gasteiger partial charge in [-0.1, -0.05) is 0 Å². The maximum atomic E-state index is 12.0. The summed E-state index contributed by atoms with van der Waals surface area (Å²) >= 11 is 0. The number of benzene rings is 1. The molecule has 166 valence electrons. The van der Waals surface area contributed by atoms with Gasteiger partial charge in [-0.05, 0) is 64.9 Å². The lowest BCUT2D eigenvalue weighted by atomic mass is 10.2. The summed E-state index contributed by atoms with van der Waals surface area (Å²) in [5, 5.41) is 19.0. The molecule has 0 saturated heterocycles. The summed E-state index contributed by atoms with van der Waals surface area (Å²) in [4.78, 5) is 23.8. The highest BCUT2D eigenvalue weighted by molar-refractivity contribution is 5.91. The molecule has 0 aliphatic carbocycles. The van der Waals surface area contributed by atoms with Crippen LogP contribution in [-0.2, 0) is 9.47 Å². The molecule has 2 aromatic rings. The fraction of sp³-hybridized carbons (Fsp3) is 0.550. The molecule has 0 bridgehead atoms. The maximum absolute atomic E-state index is 12.0. The van der Waals surface area contributed by atoms with Crippen LogP contribution in [0, 0.1) is 0 Å². The number of carbonyl (C=O) groups excluding carboxylic acids is 2. The maximum Gasteiger partial charge on any atom is 0.412 e. The third kappa shape index (κ3) is 7.43. The van der Waals surface area contributed by atoms with E-state index in [1.807, 2.05) is 0 Å². The molecule has 30 heavy (non-hydrogen) atoms. The van der Waals surface area contributed by atoms with Crippen LogP contribution >= 0.6 is 0 Å². The number of hydrogen-bond donors (Lipinski definition) is 3. The van der Waals surface area contributed by atoms with Crippen LogP contribution in [0.4, 0.5) is 15.3 Å². The highest BCUT2D eigenvalue weighted by atomic mass is 16.6. The molecule has 10 heteroatoms. The number of anilines is 1. The molecule has 0 aliphatic heterocycles. The number of nitrogens with one attached hydrogen (secondary N) is 2. The van der Waals surface area contributed by atoms with Gasteiger partial charge in [0.25, 0.3) is 5.88 Å². The molecule has 1 heterocycles. The Bertz CT molecular complexity index is 881. The molecule has 0 spiro atoms. The number of ether oxygens (including phenoxy) is 3. The Kier molecular flexibility index (Phi) is 7.14. The fourth-order valence-electron chi connectivity index (χ4n) is 2.31. The molecule has 1 aromatic heterocycles. The van der Waals surface area contributed by atoms with E-state index in [4.69, 9.17) is 18.7 Å². The largest absolute Gasteiger partial charge is 0.473 e. The third-order valence-electron chi connectivity index (χ3n) is 3.44. The summed E-state index contributed by atoms with van der Waals surface area (Å²) in [6, 6.07) is 4.18. The van der Waals surface area contributed by atoms with Crippen LogP contribution in [0.1, 0.15) is 41.5 Å². The smallest absolute Gasteiger partial charge is 0.412 e. The highest BCUT2D eigenvalue weighted by Gasteiger charge is 2.21. The van der Waals surface area contributed by atoms with Crippen LogP contribution in [0.5, 0.6) is 5.88 Å². The van der Waals surface area contributed by atoms with Crippen molar-refractivity contribution in [2.45, 2.75) is 58.8 Å². The van der Waals surface area contributed by atoms with E-state index < -0.39 is 29.4 Å². The highest BCUT2D eigenvalue weighted by Crippen LogP contribution is 2.28. The lowest BCUT2D eigenvalue weighted by Gasteiger charge is -2.22. The van der Waals surface area contributed by atoms with Crippen molar-refractivity contribution >= 4 is 28.8 Å². The number of aliphatic hydroxyl groups is 1. The third-order valence-corrected chi connectivity index (χ3v) is 3.44. The first-order valence-electron chi connectivity index (χ1n) is 9.49. The van der Waals surface area contributed by atoms with Gasteiger partial charge in [0.15, 0.2) is 5.58 Å². The van der Waals surface area contributed by atoms with Gasteiger partial charge < -0.3 is 29.2 Å². The molecule has 0 radical (unpaired) electrons. The molecule has 2 rings (SSSR count). The Morgan fingerprint density at radius 3 is 2.33 bits per heavy atom. The SMILES string of the molecule is CC(C)(C)OC(=O)Nc1ccc2onc(OCC(CO)NC(=O)OC(C)(C)C)c2c1. The van der Waals surface area contributed by atoms with E-state index >= 15 is 0 Å². The molecular weight excluding hydrogens is 394 g/mol. The molecule has 2 amide bonds. The predicted octanol–water partition coefficient (Wildman–Crippen LogP) is 3.44. The monoisotopic (exact) mass is 423 g/mol. The van der Waals surface area contributed by atoms with Crippen LogP contribution in [-0.4, -0.2) is 52.9 Å². The number of nitrogens with zero attached hydrogens (tertiary/aromatic N) is 1. The summed E-state index contributed by atoms with van der Waals surface area (Å²) in [6.45, 7) is 10.1. The Hall–Kier alpha value is -3.01. The zero-order valence-electron chi connectivity index (χ0n) is 18.1. The second kappa shape index (κ2) is 9.21. The molecule has 0 fully saturated rings. The normalized spacial score (nSPS) is 12.9. The number of fused-ring (bicyclic) bond motifs is 1. The van der Waals surface area contributed by atoms with Crippen molar-refractivity contribution in [1.29, 1.82) is 0 Å². The van der Waals surface area contributed by atoms with E-state index in [1.54, 1.807) is 59.7 Å². The lowest BCUT2D eigenvalue weighted by Crippen LogP contribution is -2.44. The van der Waals surface area contributed by atoms with Gasteiger partial charge in [-0.25, -0.2) is 9.59 Å². The summed E-state index contributed by atoms with van der Waals surface area (Å²) < 4.78 is 21.2. The topological polar surface area (TPSA) is 132 Å². The second-order valence-corrected chi connectivity index (χ2v) is 8.66. The van der Waals surface area contributed by atoms with Crippen molar-refractivity contribution in [3.05, 3.63) is 18.2 Å². The minimum atomic E-state index is -0.713. The molecular formula is C20H29N3O7. The van der Waals surface area contributed by atoms with Gasteiger partial charge in [-0.2, -0.15) is 0 Å². The van der Waals surface area contributed by atoms with E-state index in [2.05, 4.69) is 15.8 Å². The van der Waals surface area contributed by atoms with Crippen molar-refractivity contribution in [1.82, 2.24) is 10.5 Å². The minimum Gasteiger partial charge on any atom is -0.473 e. The Morgan fingerprint density at radius 1 is 1.10 bits per heavy atom. The number of rotatable bonds is 6. The lowest BCUT2D eigenvalue weighted by molar-refractivity contribution is 0.0456. The van der Waals surface area contributed by atoms with Crippen molar-refractivity contribution in [2.75, 3.05) is 18.5 Å². The summed E-state index contributed by atoms with van der Waals surface area (Å²) in [7, 11) is 0. The minimum absolute atomic E-state index is 0.0684. The first kappa shape index (κ1) is 23.3. The first-order valence-corrected chi connectivity index (χ1v) is 9.49. The van der Waals surface area contributed by atoms with E-state index in [1.165, 1.54) is 0 Å². The molecule has 0 saturated carbocycles. The van der Waals surface area contributed by atoms with Crippen LogP contribution in [0.2, 0.25) is 0 Å². The number of hydrogen-bond acceptors (Lipinski definition) is 8. The number of carbonyl (C=O) groups is 2. The number of aromatic nitrogens is 1. The van der Waals surface area contributed by atoms with E-state index in [-0.39, 0.29) is 19.1 Å². The van der Waals surface area contributed by atoms with Crippen LogP contribution in [0.25, 0.3) is 11.0 Å².